The van der Waals surface area contributed by atoms with Gasteiger partial charge >= 0.3 is 0 Å². The zero-order valence-electron chi connectivity index (χ0n) is 10.7. The van der Waals surface area contributed by atoms with E-state index in [4.69, 9.17) is 5.73 Å². The Kier molecular flexibility index (Phi) is 4.87. The molecule has 2 rings (SSSR count). The summed E-state index contributed by atoms with van der Waals surface area (Å²) >= 11 is 3.27. The average molecular weight is 337 g/mol. The first-order valence-corrected chi connectivity index (χ1v) is 6.90. The standard InChI is InChI=1S/C15H14BrFN2O/c16-13-5-6-14(17)12(7-13)9-19-15(20)11-3-1-10(8-18)2-4-11/h1-7H,8-9,18H2,(H,19,20). The third-order valence-electron chi connectivity index (χ3n) is 2.90. The lowest BCUT2D eigenvalue weighted by Crippen LogP contribution is -2.23. The van der Waals surface area contributed by atoms with E-state index in [9.17, 15) is 9.18 Å². The largest absolute Gasteiger partial charge is 0.348 e. The van der Waals surface area contributed by atoms with Crippen LogP contribution in [0.4, 0.5) is 4.39 Å². The number of carbonyl (C=O) groups excluding carboxylic acids is 1. The Morgan fingerprint density at radius 3 is 2.55 bits per heavy atom. The highest BCUT2D eigenvalue weighted by Gasteiger charge is 2.07. The maximum atomic E-state index is 13.5. The zero-order chi connectivity index (χ0) is 14.5. The fraction of sp³-hybridized carbons (Fsp3) is 0.133. The number of halogens is 2. The molecule has 0 spiro atoms. The molecule has 0 saturated heterocycles. The normalized spacial score (nSPS) is 10.3. The highest BCUT2D eigenvalue weighted by Crippen LogP contribution is 2.15. The number of hydrogen-bond acceptors (Lipinski definition) is 2. The molecule has 5 heteroatoms. The summed E-state index contributed by atoms with van der Waals surface area (Å²) in [7, 11) is 0. The number of rotatable bonds is 4. The van der Waals surface area contributed by atoms with Gasteiger partial charge in [0.25, 0.3) is 5.91 Å². The Hall–Kier alpha value is -1.72. The fourth-order valence-electron chi connectivity index (χ4n) is 1.75. The van der Waals surface area contributed by atoms with E-state index in [1.807, 2.05) is 0 Å². The van der Waals surface area contributed by atoms with Crippen molar-refractivity contribution >= 4 is 21.8 Å². The molecule has 1 amide bonds. The first kappa shape index (κ1) is 14.7. The lowest BCUT2D eigenvalue weighted by atomic mass is 10.1. The van der Waals surface area contributed by atoms with Gasteiger partial charge in [0.2, 0.25) is 0 Å². The van der Waals surface area contributed by atoms with Crippen LogP contribution in [0.2, 0.25) is 0 Å². The lowest BCUT2D eigenvalue weighted by molar-refractivity contribution is 0.0950. The second kappa shape index (κ2) is 6.63. The van der Waals surface area contributed by atoms with Crippen LogP contribution in [0.5, 0.6) is 0 Å². The van der Waals surface area contributed by atoms with Crippen molar-refractivity contribution in [3.63, 3.8) is 0 Å². The van der Waals surface area contributed by atoms with Crippen molar-refractivity contribution in [2.75, 3.05) is 0 Å². The summed E-state index contributed by atoms with van der Waals surface area (Å²) in [5.74, 6) is -0.583. The molecule has 0 aliphatic heterocycles. The summed E-state index contributed by atoms with van der Waals surface area (Å²) < 4.78 is 14.3. The minimum atomic E-state index is -0.341. The van der Waals surface area contributed by atoms with Crippen molar-refractivity contribution in [3.05, 3.63) is 69.4 Å². The Balaban J connectivity index is 2.02. The van der Waals surface area contributed by atoms with E-state index < -0.39 is 0 Å². The maximum Gasteiger partial charge on any atom is 0.251 e. The van der Waals surface area contributed by atoms with E-state index >= 15 is 0 Å². The van der Waals surface area contributed by atoms with Crippen LogP contribution in [0.3, 0.4) is 0 Å². The van der Waals surface area contributed by atoms with E-state index in [1.165, 1.54) is 6.07 Å². The third kappa shape index (κ3) is 3.65. The van der Waals surface area contributed by atoms with Crippen molar-refractivity contribution < 1.29 is 9.18 Å². The maximum absolute atomic E-state index is 13.5. The minimum absolute atomic E-state index is 0.142. The van der Waals surface area contributed by atoms with Gasteiger partial charge in [-0.3, -0.25) is 4.79 Å². The van der Waals surface area contributed by atoms with E-state index in [0.717, 1.165) is 10.0 Å². The molecule has 0 unspecified atom stereocenters. The summed E-state index contributed by atoms with van der Waals surface area (Å²) in [6.45, 7) is 0.577. The molecule has 3 nitrogen and oxygen atoms in total. The molecule has 0 aliphatic carbocycles. The smallest absolute Gasteiger partial charge is 0.251 e. The second-order valence-electron chi connectivity index (χ2n) is 4.32. The summed E-state index contributed by atoms with van der Waals surface area (Å²) in [4.78, 5) is 11.9. The molecule has 0 saturated carbocycles. The number of hydrogen-bond donors (Lipinski definition) is 2. The predicted octanol–water partition coefficient (Wildman–Crippen LogP) is 2.98. The first-order chi connectivity index (χ1) is 9.60. The summed E-state index contributed by atoms with van der Waals surface area (Å²) in [6.07, 6.45) is 0. The van der Waals surface area contributed by atoms with Gasteiger partial charge in [0.15, 0.2) is 0 Å². The van der Waals surface area contributed by atoms with Crippen LogP contribution in [0, 0.1) is 5.82 Å². The molecular formula is C15H14BrFN2O. The average Bonchev–Trinajstić information content (AvgIpc) is 2.48. The van der Waals surface area contributed by atoms with Crippen molar-refractivity contribution in [1.29, 1.82) is 0 Å². The zero-order valence-corrected chi connectivity index (χ0v) is 12.3. The van der Waals surface area contributed by atoms with Gasteiger partial charge in [0.05, 0.1) is 0 Å². The van der Waals surface area contributed by atoms with Gasteiger partial charge in [0.1, 0.15) is 5.82 Å². The monoisotopic (exact) mass is 336 g/mol. The van der Waals surface area contributed by atoms with Crippen LogP contribution in [0.15, 0.2) is 46.9 Å². The minimum Gasteiger partial charge on any atom is -0.348 e. The molecule has 20 heavy (non-hydrogen) atoms. The number of amides is 1. The number of carbonyl (C=O) groups is 1. The summed E-state index contributed by atoms with van der Waals surface area (Å²) in [5, 5.41) is 2.69. The van der Waals surface area contributed by atoms with E-state index in [-0.39, 0.29) is 18.3 Å². The van der Waals surface area contributed by atoms with Crippen molar-refractivity contribution in [3.8, 4) is 0 Å². The molecule has 0 bridgehead atoms. The first-order valence-electron chi connectivity index (χ1n) is 6.11. The van der Waals surface area contributed by atoms with Gasteiger partial charge in [-0.05, 0) is 35.9 Å². The summed E-state index contributed by atoms with van der Waals surface area (Å²) in [6, 6.07) is 11.6. The van der Waals surface area contributed by atoms with Gasteiger partial charge in [0, 0.05) is 28.7 Å². The number of nitrogens with one attached hydrogen (secondary N) is 1. The van der Waals surface area contributed by atoms with Crippen LogP contribution < -0.4 is 11.1 Å². The van der Waals surface area contributed by atoms with Gasteiger partial charge < -0.3 is 11.1 Å². The quantitative estimate of drug-likeness (QED) is 0.901. The predicted molar refractivity (Wildman–Crippen MR) is 79.6 cm³/mol. The van der Waals surface area contributed by atoms with E-state index in [1.54, 1.807) is 36.4 Å². The molecule has 0 atom stereocenters. The molecule has 2 aromatic carbocycles. The highest BCUT2D eigenvalue weighted by molar-refractivity contribution is 9.10. The molecule has 104 valence electrons. The van der Waals surface area contributed by atoms with Crippen LogP contribution in [-0.2, 0) is 13.1 Å². The lowest BCUT2D eigenvalue weighted by Gasteiger charge is -2.07. The van der Waals surface area contributed by atoms with E-state index in [2.05, 4.69) is 21.2 Å². The number of nitrogens with two attached hydrogens (primary N) is 1. The Morgan fingerprint density at radius 2 is 1.90 bits per heavy atom. The van der Waals surface area contributed by atoms with Crippen LogP contribution in [0.25, 0.3) is 0 Å². The van der Waals surface area contributed by atoms with Crippen molar-refractivity contribution in [1.82, 2.24) is 5.32 Å². The SMILES string of the molecule is NCc1ccc(C(=O)NCc2cc(Br)ccc2F)cc1. The van der Waals surface area contributed by atoms with Crippen LogP contribution in [-0.4, -0.2) is 5.91 Å². The van der Waals surface area contributed by atoms with Crippen molar-refractivity contribution in [2.45, 2.75) is 13.1 Å². The Bertz CT molecular complexity index is 614. The van der Waals surface area contributed by atoms with Crippen LogP contribution in [0.1, 0.15) is 21.5 Å². The van der Waals surface area contributed by atoms with Crippen LogP contribution >= 0.6 is 15.9 Å². The Morgan fingerprint density at radius 1 is 1.20 bits per heavy atom. The molecular weight excluding hydrogens is 323 g/mol. The highest BCUT2D eigenvalue weighted by atomic mass is 79.9. The van der Waals surface area contributed by atoms with Gasteiger partial charge in [-0.15, -0.1) is 0 Å². The summed E-state index contributed by atoms with van der Waals surface area (Å²) in [5.41, 5.74) is 7.41. The number of benzene rings is 2. The second-order valence-corrected chi connectivity index (χ2v) is 5.24. The molecule has 0 aromatic heterocycles. The van der Waals surface area contributed by atoms with E-state index in [0.29, 0.717) is 17.7 Å². The molecule has 3 N–H and O–H groups in total. The fourth-order valence-corrected chi connectivity index (χ4v) is 2.16. The van der Waals surface area contributed by atoms with Gasteiger partial charge in [-0.2, -0.15) is 0 Å². The molecule has 0 aliphatic rings. The molecule has 0 fully saturated rings. The Labute approximate surface area is 125 Å². The molecule has 2 aromatic rings. The van der Waals surface area contributed by atoms with Crippen molar-refractivity contribution in [2.24, 2.45) is 5.73 Å². The third-order valence-corrected chi connectivity index (χ3v) is 3.39. The topological polar surface area (TPSA) is 55.1 Å². The van der Waals surface area contributed by atoms with Gasteiger partial charge in [-0.25, -0.2) is 4.39 Å². The molecule has 0 heterocycles. The molecule has 0 radical (unpaired) electrons. The van der Waals surface area contributed by atoms with Gasteiger partial charge in [-0.1, -0.05) is 28.1 Å².